The molecule has 0 unspecified atom stereocenters. The monoisotopic (exact) mass is 326 g/mol. The van der Waals surface area contributed by atoms with Crippen molar-refractivity contribution in [3.8, 4) is 5.75 Å². The Morgan fingerprint density at radius 2 is 1.86 bits per heavy atom. The maximum absolute atomic E-state index is 12.5. The Kier molecular flexibility index (Phi) is 5.08. The first-order chi connectivity index (χ1) is 10.3. The van der Waals surface area contributed by atoms with Gasteiger partial charge in [0.2, 0.25) is 10.0 Å². The van der Waals surface area contributed by atoms with Crippen LogP contribution in [0.25, 0.3) is 0 Å². The summed E-state index contributed by atoms with van der Waals surface area (Å²) in [4.78, 5) is 14.2. The first-order valence-electron chi connectivity index (χ1n) is 7.30. The molecule has 0 atom stereocenters. The van der Waals surface area contributed by atoms with Gasteiger partial charge in [-0.2, -0.15) is 4.31 Å². The summed E-state index contributed by atoms with van der Waals surface area (Å²) >= 11 is 0. The highest BCUT2D eigenvalue weighted by atomic mass is 32.2. The first kappa shape index (κ1) is 16.8. The molecule has 1 aromatic rings. The molecule has 122 valence electrons. The van der Waals surface area contributed by atoms with Crippen molar-refractivity contribution in [2.75, 3.05) is 39.0 Å². The fourth-order valence-electron chi connectivity index (χ4n) is 2.51. The predicted molar refractivity (Wildman–Crippen MR) is 84.7 cm³/mol. The van der Waals surface area contributed by atoms with Gasteiger partial charge in [0.05, 0.1) is 12.9 Å². The number of carbonyl (C=O) groups is 1. The second-order valence-corrected chi connectivity index (χ2v) is 7.35. The standard InChI is InChI=1S/C15H22N2O4S/c1-4-21-14-6-5-13(11-12(14)2)15(18)16-7-9-17(10-8-16)22(3,19)20/h5-6,11H,4,7-10H2,1-3H3. The summed E-state index contributed by atoms with van der Waals surface area (Å²) in [6.07, 6.45) is 1.19. The van der Waals surface area contributed by atoms with Crippen LogP contribution in [0.2, 0.25) is 0 Å². The summed E-state index contributed by atoms with van der Waals surface area (Å²) in [6, 6.07) is 5.37. The van der Waals surface area contributed by atoms with Crippen LogP contribution < -0.4 is 4.74 Å². The van der Waals surface area contributed by atoms with Gasteiger partial charge in [-0.05, 0) is 37.6 Å². The Balaban J connectivity index is 2.05. The number of ether oxygens (including phenoxy) is 1. The number of piperazine rings is 1. The molecule has 1 saturated heterocycles. The van der Waals surface area contributed by atoms with E-state index in [2.05, 4.69) is 0 Å². The molecule has 1 aliphatic heterocycles. The second-order valence-electron chi connectivity index (χ2n) is 5.37. The molecule has 0 spiro atoms. The minimum absolute atomic E-state index is 0.0701. The Labute approximate surface area is 131 Å². The van der Waals surface area contributed by atoms with Crippen LogP contribution in [0.3, 0.4) is 0 Å². The predicted octanol–water partition coefficient (Wildman–Crippen LogP) is 1.11. The summed E-state index contributed by atoms with van der Waals surface area (Å²) in [5.41, 5.74) is 1.52. The van der Waals surface area contributed by atoms with Crippen LogP contribution in [0.5, 0.6) is 5.75 Å². The molecule has 2 rings (SSSR count). The lowest BCUT2D eigenvalue weighted by Gasteiger charge is -2.33. The zero-order valence-corrected chi connectivity index (χ0v) is 14.0. The number of sulfonamides is 1. The van der Waals surface area contributed by atoms with Gasteiger partial charge < -0.3 is 9.64 Å². The van der Waals surface area contributed by atoms with Crippen LogP contribution in [0, 0.1) is 6.92 Å². The Morgan fingerprint density at radius 1 is 1.23 bits per heavy atom. The fraction of sp³-hybridized carbons (Fsp3) is 0.533. The van der Waals surface area contributed by atoms with Gasteiger partial charge in [-0.15, -0.1) is 0 Å². The second kappa shape index (κ2) is 6.66. The normalized spacial score (nSPS) is 16.6. The number of carbonyl (C=O) groups excluding carboxylic acids is 1. The molecule has 0 aromatic heterocycles. The minimum atomic E-state index is -3.18. The number of amides is 1. The molecule has 0 radical (unpaired) electrons. The molecule has 6 nitrogen and oxygen atoms in total. The number of hydrogen-bond donors (Lipinski definition) is 0. The quantitative estimate of drug-likeness (QED) is 0.831. The van der Waals surface area contributed by atoms with Gasteiger partial charge in [-0.1, -0.05) is 0 Å². The highest BCUT2D eigenvalue weighted by molar-refractivity contribution is 7.88. The molecule has 0 saturated carbocycles. The molecule has 0 aliphatic carbocycles. The average molecular weight is 326 g/mol. The largest absolute Gasteiger partial charge is 0.494 e. The van der Waals surface area contributed by atoms with Gasteiger partial charge in [0.1, 0.15) is 5.75 Å². The van der Waals surface area contributed by atoms with Gasteiger partial charge in [0, 0.05) is 31.7 Å². The van der Waals surface area contributed by atoms with E-state index in [-0.39, 0.29) is 5.91 Å². The lowest BCUT2D eigenvalue weighted by Crippen LogP contribution is -2.50. The van der Waals surface area contributed by atoms with E-state index in [0.717, 1.165) is 11.3 Å². The Bertz CT molecular complexity index is 650. The topological polar surface area (TPSA) is 66.9 Å². The van der Waals surface area contributed by atoms with E-state index in [1.165, 1.54) is 10.6 Å². The van der Waals surface area contributed by atoms with Gasteiger partial charge in [0.25, 0.3) is 5.91 Å². The average Bonchev–Trinajstić information content (AvgIpc) is 2.48. The smallest absolute Gasteiger partial charge is 0.253 e. The molecule has 1 aromatic carbocycles. The summed E-state index contributed by atoms with van der Waals surface area (Å²) in [6.45, 7) is 5.93. The molecule has 1 heterocycles. The molecule has 7 heteroatoms. The van der Waals surface area contributed by atoms with Crippen molar-refractivity contribution >= 4 is 15.9 Å². The van der Waals surface area contributed by atoms with Crippen LogP contribution >= 0.6 is 0 Å². The number of rotatable bonds is 4. The van der Waals surface area contributed by atoms with Crippen molar-refractivity contribution in [1.82, 2.24) is 9.21 Å². The van der Waals surface area contributed by atoms with Crippen molar-refractivity contribution in [2.24, 2.45) is 0 Å². The Hall–Kier alpha value is -1.60. The molecule has 1 amide bonds. The van der Waals surface area contributed by atoms with Crippen LogP contribution in [-0.4, -0.2) is 62.6 Å². The third-order valence-electron chi connectivity index (χ3n) is 3.72. The third-order valence-corrected chi connectivity index (χ3v) is 5.02. The molecule has 22 heavy (non-hydrogen) atoms. The van der Waals surface area contributed by atoms with Crippen molar-refractivity contribution in [1.29, 1.82) is 0 Å². The van der Waals surface area contributed by atoms with Crippen molar-refractivity contribution in [2.45, 2.75) is 13.8 Å². The number of hydrogen-bond acceptors (Lipinski definition) is 4. The lowest BCUT2D eigenvalue weighted by molar-refractivity contribution is 0.0698. The van der Waals surface area contributed by atoms with Crippen LogP contribution in [0.1, 0.15) is 22.8 Å². The molecule has 1 fully saturated rings. The summed E-state index contributed by atoms with van der Waals surface area (Å²) in [5, 5.41) is 0. The van der Waals surface area contributed by atoms with E-state index in [0.29, 0.717) is 38.3 Å². The van der Waals surface area contributed by atoms with Crippen LogP contribution in [0.15, 0.2) is 18.2 Å². The number of nitrogens with zero attached hydrogens (tertiary/aromatic N) is 2. The molecular formula is C15H22N2O4S. The molecule has 0 N–H and O–H groups in total. The maximum Gasteiger partial charge on any atom is 0.253 e. The maximum atomic E-state index is 12.5. The fourth-order valence-corrected chi connectivity index (χ4v) is 3.33. The van der Waals surface area contributed by atoms with E-state index in [1.54, 1.807) is 17.0 Å². The van der Waals surface area contributed by atoms with Crippen LogP contribution in [0.4, 0.5) is 0 Å². The van der Waals surface area contributed by atoms with E-state index < -0.39 is 10.0 Å². The molecule has 1 aliphatic rings. The Morgan fingerprint density at radius 3 is 2.36 bits per heavy atom. The van der Waals surface area contributed by atoms with Gasteiger partial charge >= 0.3 is 0 Å². The molecular weight excluding hydrogens is 304 g/mol. The number of aryl methyl sites for hydroxylation is 1. The van der Waals surface area contributed by atoms with Crippen LogP contribution in [-0.2, 0) is 10.0 Å². The number of benzene rings is 1. The van der Waals surface area contributed by atoms with Gasteiger partial charge in [-0.25, -0.2) is 8.42 Å². The van der Waals surface area contributed by atoms with E-state index in [4.69, 9.17) is 4.74 Å². The van der Waals surface area contributed by atoms with E-state index in [1.807, 2.05) is 19.9 Å². The van der Waals surface area contributed by atoms with E-state index >= 15 is 0 Å². The highest BCUT2D eigenvalue weighted by Crippen LogP contribution is 2.20. The van der Waals surface area contributed by atoms with Gasteiger partial charge in [-0.3, -0.25) is 4.79 Å². The zero-order chi connectivity index (χ0) is 16.3. The van der Waals surface area contributed by atoms with E-state index in [9.17, 15) is 13.2 Å². The lowest BCUT2D eigenvalue weighted by atomic mass is 10.1. The molecule has 0 bridgehead atoms. The third kappa shape index (κ3) is 3.78. The highest BCUT2D eigenvalue weighted by Gasteiger charge is 2.26. The van der Waals surface area contributed by atoms with Crippen molar-refractivity contribution in [3.05, 3.63) is 29.3 Å². The van der Waals surface area contributed by atoms with Crippen molar-refractivity contribution in [3.63, 3.8) is 0 Å². The zero-order valence-electron chi connectivity index (χ0n) is 13.2. The minimum Gasteiger partial charge on any atom is -0.494 e. The SMILES string of the molecule is CCOc1ccc(C(=O)N2CCN(S(C)(=O)=O)CC2)cc1C. The first-order valence-corrected chi connectivity index (χ1v) is 9.15. The summed E-state index contributed by atoms with van der Waals surface area (Å²) in [5.74, 6) is 0.709. The van der Waals surface area contributed by atoms with Crippen molar-refractivity contribution < 1.29 is 17.9 Å². The summed E-state index contributed by atoms with van der Waals surface area (Å²) < 4.78 is 29.8. The summed E-state index contributed by atoms with van der Waals surface area (Å²) in [7, 11) is -3.18. The van der Waals surface area contributed by atoms with Gasteiger partial charge in [0.15, 0.2) is 0 Å².